The molecule has 0 spiro atoms. The van der Waals surface area contributed by atoms with Gasteiger partial charge in [-0.15, -0.1) is 0 Å². The molecule has 9 nitrogen and oxygen atoms in total. The predicted octanol–water partition coefficient (Wildman–Crippen LogP) is 3.60. The van der Waals surface area contributed by atoms with Crippen LogP contribution in [0.4, 0.5) is 0 Å². The number of imidazole rings is 1. The SMILES string of the molecule is COc1cc(-c2cc3[nH]c(=O)n(C4CCN(C5CCOC5)CC4)c3cc2C(C)C)cn2ncnc12. The van der Waals surface area contributed by atoms with Gasteiger partial charge in [-0.05, 0) is 54.5 Å². The van der Waals surface area contributed by atoms with E-state index in [2.05, 4.69) is 45.9 Å². The van der Waals surface area contributed by atoms with Crippen LogP contribution < -0.4 is 10.4 Å². The number of ether oxygens (including phenoxy) is 2. The lowest BCUT2D eigenvalue weighted by Gasteiger charge is -2.35. The second-order valence-electron chi connectivity index (χ2n) is 10.0. The lowest BCUT2D eigenvalue weighted by atomic mass is 9.92. The number of nitrogens with zero attached hydrogens (tertiary/aromatic N) is 5. The molecule has 0 radical (unpaired) electrons. The smallest absolute Gasteiger partial charge is 0.326 e. The van der Waals surface area contributed by atoms with Crippen LogP contribution in [-0.4, -0.2) is 68.5 Å². The van der Waals surface area contributed by atoms with Crippen molar-refractivity contribution in [2.45, 2.75) is 51.1 Å². The topological polar surface area (TPSA) is 89.7 Å². The molecule has 2 aliphatic heterocycles. The molecule has 0 amide bonds. The van der Waals surface area contributed by atoms with Crippen LogP contribution >= 0.6 is 0 Å². The van der Waals surface area contributed by atoms with Gasteiger partial charge in [-0.3, -0.25) is 9.47 Å². The molecule has 6 rings (SSSR count). The lowest BCUT2D eigenvalue weighted by molar-refractivity contribution is 0.112. The zero-order valence-electron chi connectivity index (χ0n) is 20.5. The number of nitrogens with one attached hydrogen (secondary N) is 1. The predicted molar refractivity (Wildman–Crippen MR) is 134 cm³/mol. The number of aromatic amines is 1. The summed E-state index contributed by atoms with van der Waals surface area (Å²) in [6, 6.07) is 7.03. The summed E-state index contributed by atoms with van der Waals surface area (Å²) in [6.07, 6.45) is 6.56. The third-order valence-corrected chi connectivity index (χ3v) is 7.67. The molecule has 2 fully saturated rings. The number of fused-ring (bicyclic) bond motifs is 2. The van der Waals surface area contributed by atoms with Crippen molar-refractivity contribution in [3.63, 3.8) is 0 Å². The van der Waals surface area contributed by atoms with Gasteiger partial charge in [-0.2, -0.15) is 5.10 Å². The summed E-state index contributed by atoms with van der Waals surface area (Å²) in [6.45, 7) is 8.08. The van der Waals surface area contributed by atoms with Crippen LogP contribution in [0.15, 0.2) is 35.5 Å². The Morgan fingerprint density at radius 3 is 2.69 bits per heavy atom. The Labute approximate surface area is 203 Å². The van der Waals surface area contributed by atoms with Gasteiger partial charge in [0, 0.05) is 43.5 Å². The molecular weight excluding hydrogens is 444 g/mol. The second-order valence-corrected chi connectivity index (χ2v) is 10.0. The molecule has 1 atom stereocenters. The Bertz CT molecular complexity index is 1420. The molecule has 1 unspecified atom stereocenters. The maximum absolute atomic E-state index is 13.2. The molecule has 1 N–H and O–H groups in total. The Morgan fingerprint density at radius 1 is 1.14 bits per heavy atom. The number of piperidine rings is 1. The molecule has 4 aromatic rings. The number of hydrogen-bond donors (Lipinski definition) is 1. The average molecular weight is 477 g/mol. The van der Waals surface area contributed by atoms with Crippen molar-refractivity contribution in [1.82, 2.24) is 29.0 Å². The van der Waals surface area contributed by atoms with E-state index in [9.17, 15) is 4.79 Å². The van der Waals surface area contributed by atoms with Crippen molar-refractivity contribution in [3.8, 4) is 16.9 Å². The zero-order valence-corrected chi connectivity index (χ0v) is 20.5. The van der Waals surface area contributed by atoms with Crippen LogP contribution in [0.25, 0.3) is 27.8 Å². The fourth-order valence-electron chi connectivity index (χ4n) is 5.79. The Morgan fingerprint density at radius 2 is 1.97 bits per heavy atom. The van der Waals surface area contributed by atoms with Crippen LogP contribution in [0.3, 0.4) is 0 Å². The third-order valence-electron chi connectivity index (χ3n) is 7.67. The van der Waals surface area contributed by atoms with Gasteiger partial charge < -0.3 is 14.5 Å². The fraction of sp³-hybridized carbons (Fsp3) is 0.500. The normalized spacial score (nSPS) is 19.9. The van der Waals surface area contributed by atoms with Gasteiger partial charge in [0.2, 0.25) is 0 Å². The van der Waals surface area contributed by atoms with E-state index in [4.69, 9.17) is 9.47 Å². The van der Waals surface area contributed by atoms with Crippen LogP contribution in [-0.2, 0) is 4.74 Å². The number of hydrogen-bond acceptors (Lipinski definition) is 6. The van der Waals surface area contributed by atoms with Crippen LogP contribution in [0.1, 0.15) is 50.6 Å². The van der Waals surface area contributed by atoms with Gasteiger partial charge in [0.05, 0.1) is 24.8 Å². The van der Waals surface area contributed by atoms with E-state index in [1.54, 1.807) is 11.6 Å². The fourth-order valence-corrected chi connectivity index (χ4v) is 5.79. The van der Waals surface area contributed by atoms with Crippen molar-refractivity contribution in [1.29, 1.82) is 0 Å². The Kier molecular flexibility index (Phi) is 5.61. The largest absolute Gasteiger partial charge is 0.493 e. The number of H-pyrrole nitrogens is 1. The molecule has 3 aromatic heterocycles. The van der Waals surface area contributed by atoms with Crippen LogP contribution in [0.2, 0.25) is 0 Å². The van der Waals surface area contributed by atoms with Crippen molar-refractivity contribution < 1.29 is 9.47 Å². The number of rotatable bonds is 5. The Balaban J connectivity index is 1.40. The third kappa shape index (κ3) is 3.83. The number of methoxy groups -OCH3 is 1. The molecule has 1 aromatic carbocycles. The first kappa shape index (κ1) is 22.3. The van der Waals surface area contributed by atoms with E-state index in [1.807, 2.05) is 16.8 Å². The summed E-state index contributed by atoms with van der Waals surface area (Å²) >= 11 is 0. The average Bonchev–Trinajstić information content (AvgIpc) is 3.62. The maximum atomic E-state index is 13.2. The molecule has 0 aliphatic carbocycles. The highest BCUT2D eigenvalue weighted by atomic mass is 16.5. The first-order valence-corrected chi connectivity index (χ1v) is 12.5. The van der Waals surface area contributed by atoms with E-state index < -0.39 is 0 Å². The monoisotopic (exact) mass is 476 g/mol. The summed E-state index contributed by atoms with van der Waals surface area (Å²) in [5.41, 5.74) is 5.72. The van der Waals surface area contributed by atoms with Crippen molar-refractivity contribution in [2.24, 2.45) is 0 Å². The summed E-state index contributed by atoms with van der Waals surface area (Å²) in [7, 11) is 1.64. The summed E-state index contributed by atoms with van der Waals surface area (Å²) in [4.78, 5) is 23.1. The molecule has 35 heavy (non-hydrogen) atoms. The number of likely N-dealkylation sites (tertiary alicyclic amines) is 1. The summed E-state index contributed by atoms with van der Waals surface area (Å²) < 4.78 is 14.9. The number of aromatic nitrogens is 5. The molecular formula is C26H32N6O3. The van der Waals surface area contributed by atoms with Crippen molar-refractivity contribution in [3.05, 3.63) is 46.8 Å². The molecule has 0 saturated carbocycles. The molecule has 184 valence electrons. The van der Waals surface area contributed by atoms with Crippen LogP contribution in [0.5, 0.6) is 5.75 Å². The van der Waals surface area contributed by atoms with Gasteiger partial charge in [0.25, 0.3) is 0 Å². The highest BCUT2D eigenvalue weighted by molar-refractivity contribution is 5.85. The minimum absolute atomic E-state index is 0.0289. The van der Waals surface area contributed by atoms with Gasteiger partial charge >= 0.3 is 5.69 Å². The van der Waals surface area contributed by atoms with E-state index in [-0.39, 0.29) is 17.6 Å². The maximum Gasteiger partial charge on any atom is 0.326 e. The Hall–Kier alpha value is -3.17. The number of benzene rings is 1. The second kappa shape index (κ2) is 8.80. The number of pyridine rings is 1. The molecule has 2 aliphatic rings. The minimum Gasteiger partial charge on any atom is -0.493 e. The minimum atomic E-state index is -0.0289. The standard InChI is InChI=1S/C26H32N6O3/c1-16(2)20-12-23-22(11-21(20)17-10-24(34-3)25-27-15-28-31(25)13-17)29-26(33)32(23)18-4-7-30(8-5-18)19-6-9-35-14-19/h10-13,15-16,18-19H,4-9,14H2,1-3H3,(H,29,33). The quantitative estimate of drug-likeness (QED) is 0.473. The molecule has 5 heterocycles. The first-order valence-electron chi connectivity index (χ1n) is 12.5. The zero-order chi connectivity index (χ0) is 24.1. The van der Waals surface area contributed by atoms with Gasteiger partial charge in [0.1, 0.15) is 6.33 Å². The molecule has 2 saturated heterocycles. The van der Waals surface area contributed by atoms with Gasteiger partial charge in [-0.1, -0.05) is 13.8 Å². The van der Waals surface area contributed by atoms with Crippen molar-refractivity contribution >= 4 is 16.7 Å². The molecule has 9 heteroatoms. The van der Waals surface area contributed by atoms with E-state index in [0.717, 1.165) is 67.7 Å². The summed E-state index contributed by atoms with van der Waals surface area (Å²) in [5.74, 6) is 0.940. The van der Waals surface area contributed by atoms with Gasteiger partial charge in [-0.25, -0.2) is 14.3 Å². The highest BCUT2D eigenvalue weighted by Gasteiger charge is 2.30. The van der Waals surface area contributed by atoms with E-state index in [0.29, 0.717) is 17.4 Å². The van der Waals surface area contributed by atoms with Gasteiger partial charge in [0.15, 0.2) is 11.4 Å². The van der Waals surface area contributed by atoms with E-state index >= 15 is 0 Å². The van der Waals surface area contributed by atoms with E-state index in [1.165, 1.54) is 11.9 Å². The van der Waals surface area contributed by atoms with Crippen molar-refractivity contribution in [2.75, 3.05) is 33.4 Å². The molecule has 0 bridgehead atoms. The summed E-state index contributed by atoms with van der Waals surface area (Å²) in [5, 5.41) is 4.32. The highest BCUT2D eigenvalue weighted by Crippen LogP contribution is 2.36. The first-order chi connectivity index (χ1) is 17.0. The van der Waals surface area contributed by atoms with Crippen LogP contribution in [0, 0.1) is 0 Å². The lowest BCUT2D eigenvalue weighted by Crippen LogP contribution is -2.43.